The number of fused-ring (bicyclic) bond motifs is 3. The molecular formula is C22H36O4S. The van der Waals surface area contributed by atoms with Crippen LogP contribution in [0.5, 0.6) is 0 Å². The minimum absolute atomic E-state index is 0.0294. The minimum atomic E-state index is -0.861. The Balaban J connectivity index is 1.70. The highest BCUT2D eigenvalue weighted by molar-refractivity contribution is 7.84. The molecule has 5 saturated carbocycles. The maximum Gasteiger partial charge on any atom is 0.311 e. The van der Waals surface area contributed by atoms with Gasteiger partial charge in [-0.1, -0.05) is 13.3 Å². The van der Waals surface area contributed by atoms with Gasteiger partial charge in [-0.3, -0.25) is 9.00 Å². The lowest BCUT2D eigenvalue weighted by atomic mass is 9.35. The Kier molecular flexibility index (Phi) is 4.82. The Labute approximate surface area is 166 Å². The van der Waals surface area contributed by atoms with Crippen LogP contribution in [0.4, 0.5) is 0 Å². The van der Waals surface area contributed by atoms with Crippen molar-refractivity contribution in [1.82, 2.24) is 0 Å². The van der Waals surface area contributed by atoms with Crippen molar-refractivity contribution in [3.05, 3.63) is 0 Å². The lowest BCUT2D eigenvalue weighted by molar-refractivity contribution is -0.242. The lowest BCUT2D eigenvalue weighted by Crippen LogP contribution is -2.67. The Morgan fingerprint density at radius 2 is 1.85 bits per heavy atom. The number of hydrogen-bond donors (Lipinski definition) is 1. The minimum Gasteiger partial charge on any atom is -0.469 e. The first-order valence-electron chi connectivity index (χ1n) is 10.8. The molecule has 154 valence electrons. The van der Waals surface area contributed by atoms with Crippen molar-refractivity contribution in [3.63, 3.8) is 0 Å². The molecule has 5 aliphatic rings. The van der Waals surface area contributed by atoms with Gasteiger partial charge in [0.2, 0.25) is 0 Å². The third-order valence-electron chi connectivity index (χ3n) is 9.56. The van der Waals surface area contributed by atoms with Gasteiger partial charge in [0.05, 0.1) is 18.6 Å². The van der Waals surface area contributed by atoms with E-state index in [0.717, 1.165) is 44.9 Å². The van der Waals surface area contributed by atoms with E-state index in [-0.39, 0.29) is 28.8 Å². The first kappa shape index (κ1) is 19.9. The molecule has 0 aliphatic heterocycles. The summed E-state index contributed by atoms with van der Waals surface area (Å²) in [5, 5.41) is 11.5. The molecule has 5 rings (SSSR count). The standard InChI is InChI=1S/C22H36O4S/c1-20-8-5-9-21(2,19(24)26-3)16(20)7-11-22-10-6-14(12-17(20)22)15(18(22)23)13-27(4)25/h14-18,23H,5-13H2,1-4H3/t14-,15-,16+,17+,18+,20-,21-,22+,27?/m1/s1. The van der Waals surface area contributed by atoms with E-state index in [9.17, 15) is 14.1 Å². The molecule has 1 spiro atoms. The number of hydrogen-bond acceptors (Lipinski definition) is 4. The zero-order chi connectivity index (χ0) is 19.6. The van der Waals surface area contributed by atoms with Crippen molar-refractivity contribution in [2.24, 2.45) is 39.9 Å². The molecule has 9 atom stereocenters. The van der Waals surface area contributed by atoms with Crippen LogP contribution in [0, 0.1) is 39.9 Å². The SMILES string of the molecule is COC(=O)[C@]1(C)CCC[C@@]2(C)[C@@H]3C[C@H]4CC[C@@]3(CC[C@@H]21)[C@@H](O)[C@@H]4CS(C)=O. The quantitative estimate of drug-likeness (QED) is 0.741. The normalized spacial score (nSPS) is 52.6. The topological polar surface area (TPSA) is 63.6 Å². The van der Waals surface area contributed by atoms with Gasteiger partial charge in [-0.25, -0.2) is 0 Å². The van der Waals surface area contributed by atoms with Crippen LogP contribution < -0.4 is 0 Å². The molecule has 0 amide bonds. The van der Waals surface area contributed by atoms with Gasteiger partial charge in [0.15, 0.2) is 0 Å². The van der Waals surface area contributed by atoms with E-state index in [1.54, 1.807) is 6.26 Å². The number of ether oxygens (including phenoxy) is 1. The van der Waals surface area contributed by atoms with Crippen molar-refractivity contribution >= 4 is 16.8 Å². The second-order valence-electron chi connectivity index (χ2n) is 10.5. The molecule has 5 fully saturated rings. The van der Waals surface area contributed by atoms with Gasteiger partial charge >= 0.3 is 5.97 Å². The average Bonchev–Trinajstić information content (AvgIpc) is 2.63. The smallest absolute Gasteiger partial charge is 0.311 e. The summed E-state index contributed by atoms with van der Waals surface area (Å²) in [6.45, 7) is 4.53. The zero-order valence-corrected chi connectivity index (χ0v) is 18.1. The average molecular weight is 397 g/mol. The maximum atomic E-state index is 12.7. The fourth-order valence-electron chi connectivity index (χ4n) is 8.45. The van der Waals surface area contributed by atoms with Crippen LogP contribution in [0.25, 0.3) is 0 Å². The molecule has 1 N–H and O–H groups in total. The number of aliphatic hydroxyl groups excluding tert-OH is 1. The maximum absolute atomic E-state index is 12.7. The van der Waals surface area contributed by atoms with E-state index < -0.39 is 16.2 Å². The molecule has 0 aromatic rings. The summed E-state index contributed by atoms with van der Waals surface area (Å²) in [5.74, 6) is 2.08. The van der Waals surface area contributed by atoms with Crippen LogP contribution in [0.2, 0.25) is 0 Å². The van der Waals surface area contributed by atoms with E-state index in [4.69, 9.17) is 4.74 Å². The molecule has 0 saturated heterocycles. The molecule has 5 heteroatoms. The van der Waals surface area contributed by atoms with Crippen LogP contribution in [-0.4, -0.2) is 40.5 Å². The van der Waals surface area contributed by atoms with Gasteiger partial charge in [0.25, 0.3) is 0 Å². The van der Waals surface area contributed by atoms with Crippen molar-refractivity contribution in [1.29, 1.82) is 0 Å². The van der Waals surface area contributed by atoms with E-state index in [0.29, 0.717) is 23.5 Å². The molecule has 4 nitrogen and oxygen atoms in total. The van der Waals surface area contributed by atoms with Crippen molar-refractivity contribution in [2.75, 3.05) is 19.1 Å². The van der Waals surface area contributed by atoms with E-state index >= 15 is 0 Å². The van der Waals surface area contributed by atoms with E-state index in [1.807, 2.05) is 0 Å². The van der Waals surface area contributed by atoms with Crippen LogP contribution >= 0.6 is 0 Å². The molecule has 1 unspecified atom stereocenters. The predicted octanol–water partition coefficient (Wildman–Crippen LogP) is 3.54. The van der Waals surface area contributed by atoms with Gasteiger partial charge in [-0.2, -0.15) is 0 Å². The molecule has 27 heavy (non-hydrogen) atoms. The summed E-state index contributed by atoms with van der Waals surface area (Å²) >= 11 is 0. The van der Waals surface area contributed by atoms with Crippen LogP contribution in [0.1, 0.15) is 65.2 Å². The Morgan fingerprint density at radius 3 is 2.52 bits per heavy atom. The molecule has 2 bridgehead atoms. The third kappa shape index (κ3) is 2.63. The number of rotatable bonds is 3. The number of esters is 1. The number of methoxy groups -OCH3 is 1. The molecule has 0 aromatic carbocycles. The van der Waals surface area contributed by atoms with Crippen LogP contribution in [-0.2, 0) is 20.3 Å². The fourth-order valence-corrected chi connectivity index (χ4v) is 9.45. The fraction of sp³-hybridized carbons (Fsp3) is 0.955. The second kappa shape index (κ2) is 6.55. The van der Waals surface area contributed by atoms with E-state index in [1.165, 1.54) is 13.5 Å². The Bertz CT molecular complexity index is 650. The highest BCUT2D eigenvalue weighted by Crippen LogP contribution is 2.72. The van der Waals surface area contributed by atoms with Crippen molar-refractivity contribution in [3.8, 4) is 0 Å². The molecule has 0 radical (unpaired) electrons. The van der Waals surface area contributed by atoms with Gasteiger partial charge in [0, 0.05) is 22.8 Å². The molecule has 5 aliphatic carbocycles. The van der Waals surface area contributed by atoms with Gasteiger partial charge in [-0.05, 0) is 86.4 Å². The summed E-state index contributed by atoms with van der Waals surface area (Å²) < 4.78 is 17.2. The van der Waals surface area contributed by atoms with Gasteiger partial charge in [0.1, 0.15) is 0 Å². The Morgan fingerprint density at radius 1 is 1.15 bits per heavy atom. The van der Waals surface area contributed by atoms with Crippen LogP contribution in [0.3, 0.4) is 0 Å². The summed E-state index contributed by atoms with van der Waals surface area (Å²) in [4.78, 5) is 12.7. The first-order chi connectivity index (χ1) is 12.7. The first-order valence-corrected chi connectivity index (χ1v) is 12.5. The highest BCUT2D eigenvalue weighted by atomic mass is 32.2. The number of carbonyl (C=O) groups is 1. The monoisotopic (exact) mass is 396 g/mol. The summed E-state index contributed by atoms with van der Waals surface area (Å²) in [7, 11) is 0.659. The van der Waals surface area contributed by atoms with Crippen molar-refractivity contribution < 1.29 is 18.8 Å². The lowest BCUT2D eigenvalue weighted by Gasteiger charge is -2.70. The van der Waals surface area contributed by atoms with E-state index in [2.05, 4.69) is 13.8 Å². The second-order valence-corrected chi connectivity index (χ2v) is 12.0. The summed E-state index contributed by atoms with van der Waals surface area (Å²) in [6, 6.07) is 0. The van der Waals surface area contributed by atoms with Gasteiger partial charge < -0.3 is 9.84 Å². The molecule has 0 heterocycles. The summed E-state index contributed by atoms with van der Waals surface area (Å²) in [5.41, 5.74) is -0.330. The number of aliphatic hydroxyl groups is 1. The summed E-state index contributed by atoms with van der Waals surface area (Å²) in [6.07, 6.45) is 10.0. The number of carbonyl (C=O) groups excluding carboxylic acids is 1. The Hall–Kier alpha value is -0.420. The van der Waals surface area contributed by atoms with Gasteiger partial charge in [-0.15, -0.1) is 0 Å². The van der Waals surface area contributed by atoms with Crippen LogP contribution in [0.15, 0.2) is 0 Å². The largest absolute Gasteiger partial charge is 0.469 e. The third-order valence-corrected chi connectivity index (χ3v) is 10.4. The predicted molar refractivity (Wildman–Crippen MR) is 106 cm³/mol. The zero-order valence-electron chi connectivity index (χ0n) is 17.3. The molecular weight excluding hydrogens is 360 g/mol. The van der Waals surface area contributed by atoms with Crippen molar-refractivity contribution in [2.45, 2.75) is 71.3 Å². The highest BCUT2D eigenvalue weighted by Gasteiger charge is 2.68. The molecule has 0 aromatic heterocycles.